The molecule has 92 valence electrons. The zero-order valence-electron chi connectivity index (χ0n) is 10.6. The lowest BCUT2D eigenvalue weighted by atomic mass is 10.0. The van der Waals surface area contributed by atoms with Gasteiger partial charge in [-0.25, -0.2) is 0 Å². The molecule has 0 aromatic heterocycles. The van der Waals surface area contributed by atoms with Gasteiger partial charge in [0.25, 0.3) is 0 Å². The molecule has 1 aromatic carbocycles. The van der Waals surface area contributed by atoms with Gasteiger partial charge in [0, 0.05) is 20.6 Å². The van der Waals surface area contributed by atoms with Crippen LogP contribution >= 0.6 is 0 Å². The molecule has 3 nitrogen and oxygen atoms in total. The SMILES string of the molecule is CN(C)C(=O)CNCc1ccccc1C1CC1. The van der Waals surface area contributed by atoms with Gasteiger partial charge >= 0.3 is 0 Å². The zero-order valence-corrected chi connectivity index (χ0v) is 10.6. The fourth-order valence-corrected chi connectivity index (χ4v) is 1.95. The van der Waals surface area contributed by atoms with Crippen LogP contribution in [0.25, 0.3) is 0 Å². The number of carbonyl (C=O) groups excluding carboxylic acids is 1. The molecule has 0 atom stereocenters. The number of amides is 1. The van der Waals surface area contributed by atoms with Crippen LogP contribution in [0.2, 0.25) is 0 Å². The van der Waals surface area contributed by atoms with Crippen LogP contribution in [-0.4, -0.2) is 31.4 Å². The standard InChI is InChI=1S/C14H20N2O/c1-16(2)14(17)10-15-9-12-5-3-4-6-13(12)11-7-8-11/h3-6,11,15H,7-10H2,1-2H3. The molecule has 0 heterocycles. The van der Waals surface area contributed by atoms with E-state index in [0.717, 1.165) is 12.5 Å². The third-order valence-corrected chi connectivity index (χ3v) is 3.16. The molecule has 17 heavy (non-hydrogen) atoms. The van der Waals surface area contributed by atoms with E-state index in [1.54, 1.807) is 19.0 Å². The van der Waals surface area contributed by atoms with E-state index in [0.29, 0.717) is 6.54 Å². The molecule has 0 saturated heterocycles. The number of hydrogen-bond donors (Lipinski definition) is 1. The average Bonchev–Trinajstić information content (AvgIpc) is 3.13. The molecule has 1 fully saturated rings. The number of carbonyl (C=O) groups is 1. The molecule has 1 aliphatic rings. The summed E-state index contributed by atoms with van der Waals surface area (Å²) in [6.45, 7) is 1.19. The molecule has 1 saturated carbocycles. The quantitative estimate of drug-likeness (QED) is 0.838. The number of nitrogens with zero attached hydrogens (tertiary/aromatic N) is 1. The van der Waals surface area contributed by atoms with E-state index in [-0.39, 0.29) is 5.91 Å². The Kier molecular flexibility index (Phi) is 3.79. The molecule has 0 radical (unpaired) electrons. The van der Waals surface area contributed by atoms with Crippen molar-refractivity contribution in [2.75, 3.05) is 20.6 Å². The molecule has 0 unspecified atom stereocenters. The van der Waals surface area contributed by atoms with Crippen molar-refractivity contribution in [1.29, 1.82) is 0 Å². The second kappa shape index (κ2) is 5.32. The van der Waals surface area contributed by atoms with Gasteiger partial charge in [0.05, 0.1) is 6.54 Å². The number of hydrogen-bond acceptors (Lipinski definition) is 2. The second-order valence-electron chi connectivity index (χ2n) is 4.86. The second-order valence-corrected chi connectivity index (χ2v) is 4.86. The highest BCUT2D eigenvalue weighted by Crippen LogP contribution is 2.41. The Morgan fingerprint density at radius 3 is 2.71 bits per heavy atom. The lowest BCUT2D eigenvalue weighted by Crippen LogP contribution is -2.32. The van der Waals surface area contributed by atoms with Crippen LogP contribution in [0.4, 0.5) is 0 Å². The van der Waals surface area contributed by atoms with Gasteiger partial charge in [-0.2, -0.15) is 0 Å². The third-order valence-electron chi connectivity index (χ3n) is 3.16. The normalized spacial score (nSPS) is 14.7. The van der Waals surface area contributed by atoms with Gasteiger partial charge in [0.2, 0.25) is 5.91 Å². The summed E-state index contributed by atoms with van der Waals surface area (Å²) in [4.78, 5) is 13.0. The van der Waals surface area contributed by atoms with E-state index in [2.05, 4.69) is 29.6 Å². The highest BCUT2D eigenvalue weighted by molar-refractivity contribution is 5.77. The summed E-state index contributed by atoms with van der Waals surface area (Å²) in [5.74, 6) is 0.881. The van der Waals surface area contributed by atoms with E-state index in [4.69, 9.17) is 0 Å². The van der Waals surface area contributed by atoms with Crippen LogP contribution in [0.5, 0.6) is 0 Å². The molecule has 2 rings (SSSR count). The average molecular weight is 232 g/mol. The van der Waals surface area contributed by atoms with Crippen molar-refractivity contribution in [2.24, 2.45) is 0 Å². The fraction of sp³-hybridized carbons (Fsp3) is 0.500. The minimum absolute atomic E-state index is 0.119. The molecule has 0 spiro atoms. The van der Waals surface area contributed by atoms with Gasteiger partial charge in [-0.3, -0.25) is 4.79 Å². The Balaban J connectivity index is 1.88. The van der Waals surface area contributed by atoms with Gasteiger partial charge < -0.3 is 10.2 Å². The summed E-state index contributed by atoms with van der Waals surface area (Å²) in [7, 11) is 3.56. The first-order valence-corrected chi connectivity index (χ1v) is 6.17. The molecular weight excluding hydrogens is 212 g/mol. The van der Waals surface area contributed by atoms with Crippen molar-refractivity contribution in [3.8, 4) is 0 Å². The monoisotopic (exact) mass is 232 g/mol. The lowest BCUT2D eigenvalue weighted by Gasteiger charge is -2.12. The van der Waals surface area contributed by atoms with E-state index in [1.165, 1.54) is 24.0 Å². The summed E-state index contributed by atoms with van der Waals surface area (Å²) >= 11 is 0. The highest BCUT2D eigenvalue weighted by atomic mass is 16.2. The predicted molar refractivity (Wildman–Crippen MR) is 68.8 cm³/mol. The van der Waals surface area contributed by atoms with Crippen molar-refractivity contribution in [1.82, 2.24) is 10.2 Å². The molecule has 0 bridgehead atoms. The first-order valence-electron chi connectivity index (χ1n) is 6.17. The summed E-state index contributed by atoms with van der Waals surface area (Å²) in [6.07, 6.45) is 2.63. The van der Waals surface area contributed by atoms with Gasteiger partial charge in [0.1, 0.15) is 0 Å². The van der Waals surface area contributed by atoms with Crippen molar-refractivity contribution in [2.45, 2.75) is 25.3 Å². The predicted octanol–water partition coefficient (Wildman–Crippen LogP) is 1.74. The Bertz CT molecular complexity index is 397. The Hall–Kier alpha value is -1.35. The maximum Gasteiger partial charge on any atom is 0.236 e. The molecule has 0 aliphatic heterocycles. The highest BCUT2D eigenvalue weighted by Gasteiger charge is 2.25. The first kappa shape index (κ1) is 12.1. The summed E-state index contributed by atoms with van der Waals surface area (Å²) in [6, 6.07) is 8.53. The summed E-state index contributed by atoms with van der Waals surface area (Å²) < 4.78 is 0. The van der Waals surface area contributed by atoms with Gasteiger partial charge in [-0.1, -0.05) is 24.3 Å². The number of rotatable bonds is 5. The Labute approximate surface area is 103 Å². The van der Waals surface area contributed by atoms with Crippen LogP contribution in [-0.2, 0) is 11.3 Å². The van der Waals surface area contributed by atoms with Crippen molar-refractivity contribution >= 4 is 5.91 Å². The maximum atomic E-state index is 11.4. The van der Waals surface area contributed by atoms with E-state index in [1.807, 2.05) is 0 Å². The first-order chi connectivity index (χ1) is 8.18. The van der Waals surface area contributed by atoms with Crippen molar-refractivity contribution < 1.29 is 4.79 Å². The minimum Gasteiger partial charge on any atom is -0.348 e. The summed E-state index contributed by atoms with van der Waals surface area (Å²) in [5.41, 5.74) is 2.79. The lowest BCUT2D eigenvalue weighted by molar-refractivity contribution is -0.127. The Morgan fingerprint density at radius 1 is 1.35 bits per heavy atom. The van der Waals surface area contributed by atoms with Crippen LogP contribution < -0.4 is 5.32 Å². The smallest absolute Gasteiger partial charge is 0.236 e. The van der Waals surface area contributed by atoms with Crippen LogP contribution in [0.1, 0.15) is 29.9 Å². The molecular formula is C14H20N2O. The minimum atomic E-state index is 0.119. The largest absolute Gasteiger partial charge is 0.348 e. The molecule has 1 N–H and O–H groups in total. The maximum absolute atomic E-state index is 11.4. The molecule has 3 heteroatoms. The fourth-order valence-electron chi connectivity index (χ4n) is 1.95. The van der Waals surface area contributed by atoms with E-state index >= 15 is 0 Å². The van der Waals surface area contributed by atoms with Crippen LogP contribution in [0.15, 0.2) is 24.3 Å². The Morgan fingerprint density at radius 2 is 2.06 bits per heavy atom. The van der Waals surface area contributed by atoms with Crippen molar-refractivity contribution in [3.05, 3.63) is 35.4 Å². The number of benzene rings is 1. The number of likely N-dealkylation sites (N-methyl/N-ethyl adjacent to an activating group) is 1. The van der Waals surface area contributed by atoms with Crippen molar-refractivity contribution in [3.63, 3.8) is 0 Å². The summed E-state index contributed by atoms with van der Waals surface area (Å²) in [5, 5.41) is 3.21. The van der Waals surface area contributed by atoms with E-state index < -0.39 is 0 Å². The van der Waals surface area contributed by atoms with Crippen LogP contribution in [0.3, 0.4) is 0 Å². The molecule has 1 aliphatic carbocycles. The van der Waals surface area contributed by atoms with Gasteiger partial charge in [-0.15, -0.1) is 0 Å². The topological polar surface area (TPSA) is 32.3 Å². The van der Waals surface area contributed by atoms with E-state index in [9.17, 15) is 4.79 Å². The number of nitrogens with one attached hydrogen (secondary N) is 1. The zero-order chi connectivity index (χ0) is 12.3. The molecule has 1 aromatic rings. The molecule has 1 amide bonds. The van der Waals surface area contributed by atoms with Gasteiger partial charge in [-0.05, 0) is 29.9 Å². The third kappa shape index (κ3) is 3.30. The van der Waals surface area contributed by atoms with Gasteiger partial charge in [0.15, 0.2) is 0 Å². The van der Waals surface area contributed by atoms with Crippen LogP contribution in [0, 0.1) is 0 Å².